The first-order valence-electron chi connectivity index (χ1n) is 8.94. The van der Waals surface area contributed by atoms with Crippen LogP contribution < -0.4 is 5.73 Å². The van der Waals surface area contributed by atoms with Crippen molar-refractivity contribution in [3.8, 4) is 0 Å². The number of aromatic nitrogens is 3. The van der Waals surface area contributed by atoms with Gasteiger partial charge in [-0.25, -0.2) is 0 Å². The number of aryl methyl sites for hydroxylation is 1. The second-order valence-corrected chi connectivity index (χ2v) is 7.50. The lowest BCUT2D eigenvalue weighted by atomic mass is 10.1. The molecule has 0 aliphatic carbocycles. The fourth-order valence-corrected chi connectivity index (χ4v) is 4.06. The first-order valence-corrected chi connectivity index (χ1v) is 9.93. The van der Waals surface area contributed by atoms with Gasteiger partial charge in [0.2, 0.25) is 5.91 Å². The lowest BCUT2D eigenvalue weighted by Gasteiger charge is -2.15. The van der Waals surface area contributed by atoms with Crippen molar-refractivity contribution >= 4 is 17.7 Å². The van der Waals surface area contributed by atoms with Crippen molar-refractivity contribution in [2.45, 2.75) is 55.4 Å². The molecule has 1 aromatic heterocycles. The van der Waals surface area contributed by atoms with E-state index in [1.54, 1.807) is 6.07 Å². The molecule has 1 amide bonds. The number of nitrogens with two attached hydrogens (primary N) is 1. The molecule has 2 heterocycles. The molecule has 1 aromatic carbocycles. The van der Waals surface area contributed by atoms with Crippen LogP contribution >= 0.6 is 11.8 Å². The summed E-state index contributed by atoms with van der Waals surface area (Å²) in [5.74, 6) is 0.246. The van der Waals surface area contributed by atoms with E-state index in [1.807, 2.05) is 4.57 Å². The highest BCUT2D eigenvalue weighted by Crippen LogP contribution is 2.34. The summed E-state index contributed by atoms with van der Waals surface area (Å²) in [7, 11) is 0. The number of carbonyl (C=O) groups excluding carboxylic acids is 1. The fourth-order valence-electron chi connectivity index (χ4n) is 3.09. The third-order valence-corrected chi connectivity index (χ3v) is 5.49. The van der Waals surface area contributed by atoms with Crippen molar-refractivity contribution < 1.29 is 22.7 Å². The van der Waals surface area contributed by atoms with Gasteiger partial charge in [0.1, 0.15) is 5.82 Å². The lowest BCUT2D eigenvalue weighted by Crippen LogP contribution is -2.19. The Balaban J connectivity index is 1.78. The second-order valence-electron chi connectivity index (χ2n) is 6.55. The van der Waals surface area contributed by atoms with Crippen LogP contribution in [0, 0.1) is 0 Å². The highest BCUT2D eigenvalue weighted by molar-refractivity contribution is 7.98. The summed E-state index contributed by atoms with van der Waals surface area (Å²) < 4.78 is 47.1. The first kappa shape index (κ1) is 20.7. The molecular formula is C18H21F3N4O2S. The molecule has 0 unspecified atom stereocenters. The Bertz CT molecular complexity index is 819. The van der Waals surface area contributed by atoms with E-state index in [1.165, 1.54) is 23.9 Å². The van der Waals surface area contributed by atoms with Crippen LogP contribution in [0.2, 0.25) is 0 Å². The molecule has 1 saturated heterocycles. The second kappa shape index (κ2) is 8.95. The topological polar surface area (TPSA) is 83.0 Å². The van der Waals surface area contributed by atoms with Gasteiger partial charge in [-0.05, 0) is 24.5 Å². The average molecular weight is 414 g/mol. The van der Waals surface area contributed by atoms with Crippen molar-refractivity contribution in [2.75, 3.05) is 6.61 Å². The number of benzene rings is 1. The molecule has 0 bridgehead atoms. The highest BCUT2D eigenvalue weighted by atomic mass is 32.2. The molecule has 2 N–H and O–H groups in total. The minimum atomic E-state index is -4.41. The van der Waals surface area contributed by atoms with E-state index in [9.17, 15) is 18.0 Å². The van der Waals surface area contributed by atoms with Crippen LogP contribution in [0.25, 0.3) is 0 Å². The van der Waals surface area contributed by atoms with Crippen LogP contribution in [0.5, 0.6) is 0 Å². The number of rotatable bonds is 8. The van der Waals surface area contributed by atoms with E-state index in [0.29, 0.717) is 30.6 Å². The Labute approximate surface area is 164 Å². The van der Waals surface area contributed by atoms with Gasteiger partial charge in [0.05, 0.1) is 18.2 Å². The summed E-state index contributed by atoms with van der Waals surface area (Å²) in [6, 6.07) is 5.50. The number of primary amides is 1. The van der Waals surface area contributed by atoms with Gasteiger partial charge in [0.25, 0.3) is 0 Å². The summed E-state index contributed by atoms with van der Waals surface area (Å²) in [5.41, 5.74) is 4.75. The highest BCUT2D eigenvalue weighted by Gasteiger charge is 2.33. The Kier molecular flexibility index (Phi) is 6.61. The van der Waals surface area contributed by atoms with E-state index >= 15 is 0 Å². The monoisotopic (exact) mass is 414 g/mol. The molecule has 152 valence electrons. The minimum absolute atomic E-state index is 0.00476. The van der Waals surface area contributed by atoms with Crippen LogP contribution in [0.15, 0.2) is 29.4 Å². The van der Waals surface area contributed by atoms with E-state index in [-0.39, 0.29) is 23.8 Å². The molecule has 28 heavy (non-hydrogen) atoms. The van der Waals surface area contributed by atoms with Crippen LogP contribution in [0.4, 0.5) is 13.2 Å². The zero-order valence-corrected chi connectivity index (χ0v) is 15.9. The summed E-state index contributed by atoms with van der Waals surface area (Å²) >= 11 is 1.19. The molecule has 3 rings (SSSR count). The molecule has 0 spiro atoms. The van der Waals surface area contributed by atoms with E-state index in [0.717, 1.165) is 18.9 Å². The maximum absolute atomic E-state index is 13.2. The number of hydrogen-bond donors (Lipinski definition) is 1. The van der Waals surface area contributed by atoms with Crippen molar-refractivity contribution in [2.24, 2.45) is 5.73 Å². The van der Waals surface area contributed by atoms with Crippen molar-refractivity contribution in [1.29, 1.82) is 0 Å². The Morgan fingerprint density at radius 1 is 1.32 bits per heavy atom. The molecule has 1 atom stereocenters. The van der Waals surface area contributed by atoms with E-state index in [4.69, 9.17) is 10.5 Å². The molecule has 1 aliphatic rings. The predicted molar refractivity (Wildman–Crippen MR) is 97.5 cm³/mol. The molecule has 0 saturated carbocycles. The van der Waals surface area contributed by atoms with Crippen LogP contribution in [0.1, 0.15) is 36.2 Å². The van der Waals surface area contributed by atoms with Gasteiger partial charge in [-0.3, -0.25) is 4.79 Å². The van der Waals surface area contributed by atoms with Gasteiger partial charge >= 0.3 is 6.18 Å². The summed E-state index contributed by atoms with van der Waals surface area (Å²) in [6.07, 6.45) is -2.08. The summed E-state index contributed by atoms with van der Waals surface area (Å²) in [4.78, 5) is 11.1. The zero-order valence-electron chi connectivity index (χ0n) is 15.1. The van der Waals surface area contributed by atoms with Crippen molar-refractivity contribution in [1.82, 2.24) is 14.8 Å². The number of thioether (sulfide) groups is 1. The number of ether oxygens (including phenoxy) is 1. The maximum atomic E-state index is 13.2. The number of alkyl halides is 3. The third-order valence-electron chi connectivity index (χ3n) is 4.48. The molecular weight excluding hydrogens is 393 g/mol. The molecule has 10 heteroatoms. The van der Waals surface area contributed by atoms with Gasteiger partial charge in [-0.1, -0.05) is 30.0 Å². The van der Waals surface area contributed by atoms with Gasteiger partial charge in [-0.15, -0.1) is 10.2 Å². The fraction of sp³-hybridized carbons (Fsp3) is 0.500. The quantitative estimate of drug-likeness (QED) is 0.671. The minimum Gasteiger partial charge on any atom is -0.376 e. The Morgan fingerprint density at radius 3 is 2.79 bits per heavy atom. The molecule has 0 radical (unpaired) electrons. The van der Waals surface area contributed by atoms with Gasteiger partial charge in [-0.2, -0.15) is 13.2 Å². The third kappa shape index (κ3) is 5.26. The SMILES string of the molecule is NC(=O)CCc1nnc(SCc2ccccc2C(F)(F)F)n1C[C@H]1CCCO1. The Hall–Kier alpha value is -2.07. The number of amides is 1. The van der Waals surface area contributed by atoms with Crippen LogP contribution in [-0.2, 0) is 34.4 Å². The summed E-state index contributed by atoms with van der Waals surface area (Å²) in [6.45, 7) is 1.19. The predicted octanol–water partition coefficient (Wildman–Crippen LogP) is 3.19. The zero-order chi connectivity index (χ0) is 20.1. The summed E-state index contributed by atoms with van der Waals surface area (Å²) in [5, 5.41) is 8.76. The number of halogens is 3. The van der Waals surface area contributed by atoms with E-state index in [2.05, 4.69) is 10.2 Å². The number of nitrogens with zero attached hydrogens (tertiary/aromatic N) is 3. The van der Waals surface area contributed by atoms with Crippen LogP contribution in [0.3, 0.4) is 0 Å². The molecule has 2 aromatic rings. The smallest absolute Gasteiger partial charge is 0.376 e. The number of carbonyl (C=O) groups is 1. The molecule has 1 aliphatic heterocycles. The normalized spacial score (nSPS) is 17.2. The Morgan fingerprint density at radius 2 is 2.11 bits per heavy atom. The van der Waals surface area contributed by atoms with Crippen LogP contribution in [-0.4, -0.2) is 33.4 Å². The van der Waals surface area contributed by atoms with Gasteiger partial charge in [0, 0.05) is 25.2 Å². The van der Waals surface area contributed by atoms with Gasteiger partial charge < -0.3 is 15.0 Å². The number of hydrogen-bond acceptors (Lipinski definition) is 5. The van der Waals surface area contributed by atoms with Crippen molar-refractivity contribution in [3.05, 3.63) is 41.2 Å². The first-order chi connectivity index (χ1) is 13.3. The van der Waals surface area contributed by atoms with Crippen molar-refractivity contribution in [3.63, 3.8) is 0 Å². The molecule has 1 fully saturated rings. The van der Waals surface area contributed by atoms with Gasteiger partial charge in [0.15, 0.2) is 5.16 Å². The largest absolute Gasteiger partial charge is 0.416 e. The molecule has 6 nitrogen and oxygen atoms in total. The maximum Gasteiger partial charge on any atom is 0.416 e. The average Bonchev–Trinajstić information content (AvgIpc) is 3.28. The standard InChI is InChI=1S/C18H21F3N4O2S/c19-18(20,21)14-6-2-1-4-12(14)11-28-17-24-23-16(8-7-15(22)26)25(17)10-13-5-3-9-27-13/h1-2,4,6,13H,3,5,7-11H2,(H2,22,26)/t13-/m1/s1. The lowest BCUT2D eigenvalue weighted by molar-refractivity contribution is -0.138. The van der Waals surface area contributed by atoms with E-state index < -0.39 is 17.6 Å².